The van der Waals surface area contributed by atoms with Crippen molar-refractivity contribution < 1.29 is 29.0 Å². The number of carbonyl (C=O) groups is 3. The van der Waals surface area contributed by atoms with Crippen LogP contribution in [-0.2, 0) is 19.1 Å². The van der Waals surface area contributed by atoms with Crippen LogP contribution in [0.4, 0.5) is 5.69 Å². The van der Waals surface area contributed by atoms with Crippen LogP contribution in [0.5, 0.6) is 5.75 Å². The van der Waals surface area contributed by atoms with Crippen LogP contribution in [0.25, 0.3) is 0 Å². The van der Waals surface area contributed by atoms with E-state index in [0.29, 0.717) is 17.9 Å². The Labute approximate surface area is 183 Å². The van der Waals surface area contributed by atoms with Gasteiger partial charge in [-0.3, -0.25) is 24.6 Å². The van der Waals surface area contributed by atoms with Crippen molar-refractivity contribution in [1.82, 2.24) is 5.32 Å². The lowest BCUT2D eigenvalue weighted by Gasteiger charge is -2.26. The lowest BCUT2D eigenvalue weighted by atomic mass is 10.0. The van der Waals surface area contributed by atoms with Gasteiger partial charge in [0.2, 0.25) is 5.91 Å². The van der Waals surface area contributed by atoms with E-state index < -0.39 is 36.5 Å². The molecule has 1 aliphatic rings. The molecular formula is C23H34N2O6. The van der Waals surface area contributed by atoms with Crippen molar-refractivity contribution in [3.63, 3.8) is 0 Å². The van der Waals surface area contributed by atoms with Gasteiger partial charge in [0.25, 0.3) is 0 Å². The number of fused-ring (bicyclic) bond motifs is 1. The summed E-state index contributed by atoms with van der Waals surface area (Å²) in [5.74, 6) is -1.54. The van der Waals surface area contributed by atoms with Gasteiger partial charge in [-0.2, -0.15) is 0 Å². The number of ether oxygens (including phenoxy) is 2. The third-order valence-electron chi connectivity index (χ3n) is 5.24. The van der Waals surface area contributed by atoms with E-state index in [-0.39, 0.29) is 13.2 Å². The summed E-state index contributed by atoms with van der Waals surface area (Å²) < 4.78 is 11.0. The highest BCUT2D eigenvalue weighted by Crippen LogP contribution is 2.31. The summed E-state index contributed by atoms with van der Waals surface area (Å²) in [4.78, 5) is 38.3. The van der Waals surface area contributed by atoms with Gasteiger partial charge in [-0.15, -0.1) is 0 Å². The number of unbranched alkanes of at least 4 members (excludes halogenated alkanes) is 5. The molecule has 1 aromatic rings. The summed E-state index contributed by atoms with van der Waals surface area (Å²) in [6.45, 7) is 3.67. The average molecular weight is 435 g/mol. The van der Waals surface area contributed by atoms with E-state index in [1.807, 2.05) is 0 Å². The number of hydrogen-bond acceptors (Lipinski definition) is 6. The van der Waals surface area contributed by atoms with Gasteiger partial charge in [-0.05, 0) is 25.5 Å². The number of nitrogens with one attached hydrogen (secondary N) is 1. The minimum absolute atomic E-state index is 0.00162. The maximum Gasteiger partial charge on any atom is 0.323 e. The second kappa shape index (κ2) is 12.9. The Hall–Kier alpha value is -2.61. The van der Waals surface area contributed by atoms with Crippen LogP contribution in [0.1, 0.15) is 58.8 Å². The molecule has 2 atom stereocenters. The SMILES string of the molecule is CCCCCCCCC(N[C@H]1COc2ccccc2N(CC(=O)O)C1=O)C(=O)OCC. The van der Waals surface area contributed by atoms with Crippen molar-refractivity contribution in [1.29, 1.82) is 0 Å². The molecule has 8 heteroatoms. The zero-order chi connectivity index (χ0) is 22.6. The Bertz CT molecular complexity index is 739. The fourth-order valence-corrected chi connectivity index (χ4v) is 3.65. The van der Waals surface area contributed by atoms with Crippen LogP contribution in [0, 0.1) is 0 Å². The van der Waals surface area contributed by atoms with Gasteiger partial charge in [0.05, 0.1) is 12.3 Å². The Balaban J connectivity index is 2.10. The van der Waals surface area contributed by atoms with Gasteiger partial charge >= 0.3 is 11.9 Å². The van der Waals surface area contributed by atoms with Crippen LogP contribution < -0.4 is 15.0 Å². The second-order valence-corrected chi connectivity index (χ2v) is 7.68. The van der Waals surface area contributed by atoms with E-state index in [1.54, 1.807) is 31.2 Å². The second-order valence-electron chi connectivity index (χ2n) is 7.68. The normalized spacial score (nSPS) is 16.8. The maximum atomic E-state index is 13.2. The van der Waals surface area contributed by atoms with Gasteiger partial charge in [0.1, 0.15) is 31.0 Å². The molecule has 2 rings (SSSR count). The molecule has 0 fully saturated rings. The number of amides is 1. The summed E-state index contributed by atoms with van der Waals surface area (Å²) in [7, 11) is 0. The third-order valence-corrected chi connectivity index (χ3v) is 5.24. The highest BCUT2D eigenvalue weighted by Gasteiger charge is 2.35. The first kappa shape index (κ1) is 24.7. The topological polar surface area (TPSA) is 105 Å². The lowest BCUT2D eigenvalue weighted by molar-refractivity contribution is -0.146. The molecule has 1 aliphatic heterocycles. The molecule has 0 spiro atoms. The highest BCUT2D eigenvalue weighted by molar-refractivity contribution is 6.02. The van der Waals surface area contributed by atoms with E-state index in [1.165, 1.54) is 24.2 Å². The zero-order valence-corrected chi connectivity index (χ0v) is 18.5. The minimum atomic E-state index is -1.13. The largest absolute Gasteiger partial charge is 0.489 e. The molecule has 0 saturated heterocycles. The van der Waals surface area contributed by atoms with Crippen LogP contribution in [0.3, 0.4) is 0 Å². The monoisotopic (exact) mass is 434 g/mol. The van der Waals surface area contributed by atoms with Gasteiger partial charge in [0.15, 0.2) is 0 Å². The molecule has 172 valence electrons. The molecule has 1 amide bonds. The van der Waals surface area contributed by atoms with Crippen LogP contribution >= 0.6 is 0 Å². The fourth-order valence-electron chi connectivity index (χ4n) is 3.65. The predicted octanol–water partition coefficient (Wildman–Crippen LogP) is 3.14. The van der Waals surface area contributed by atoms with Crippen molar-refractivity contribution in [3.05, 3.63) is 24.3 Å². The quantitative estimate of drug-likeness (QED) is 0.363. The Morgan fingerprint density at radius 2 is 1.90 bits per heavy atom. The minimum Gasteiger partial charge on any atom is -0.489 e. The molecule has 1 unspecified atom stereocenters. The highest BCUT2D eigenvalue weighted by atomic mass is 16.5. The number of carboxylic acid groups (broad SMARTS) is 1. The Kier molecular flexibility index (Phi) is 10.3. The van der Waals surface area contributed by atoms with E-state index in [0.717, 1.165) is 19.3 Å². The molecule has 1 aromatic carbocycles. The first-order valence-electron chi connectivity index (χ1n) is 11.2. The maximum absolute atomic E-state index is 13.2. The smallest absolute Gasteiger partial charge is 0.323 e. The van der Waals surface area contributed by atoms with Gasteiger partial charge in [-0.25, -0.2) is 0 Å². The molecule has 0 aromatic heterocycles. The molecule has 1 heterocycles. The molecule has 0 saturated carbocycles. The molecule has 0 radical (unpaired) electrons. The number of anilines is 1. The summed E-state index contributed by atoms with van der Waals surface area (Å²) in [5, 5.41) is 12.4. The number of nitrogens with zero attached hydrogens (tertiary/aromatic N) is 1. The van der Waals surface area contributed by atoms with Crippen LogP contribution in [-0.4, -0.2) is 54.8 Å². The van der Waals surface area contributed by atoms with Crippen LogP contribution in [0.15, 0.2) is 24.3 Å². The predicted molar refractivity (Wildman–Crippen MR) is 117 cm³/mol. The lowest BCUT2D eigenvalue weighted by Crippen LogP contribution is -2.54. The molecule has 31 heavy (non-hydrogen) atoms. The standard InChI is InChI=1S/C23H34N2O6/c1-3-5-6-7-8-9-12-17(23(29)30-4-2)24-18-16-31-20-14-11-10-13-19(20)25(22(18)28)15-21(26)27/h10-11,13-14,17-18,24H,3-9,12,15-16H2,1-2H3,(H,26,27)/t17?,18-/m0/s1. The molecular weight excluding hydrogens is 400 g/mol. The van der Waals surface area contributed by atoms with Gasteiger partial charge in [-0.1, -0.05) is 57.6 Å². The molecule has 2 N–H and O–H groups in total. The van der Waals surface area contributed by atoms with Gasteiger partial charge < -0.3 is 14.6 Å². The van der Waals surface area contributed by atoms with E-state index in [9.17, 15) is 19.5 Å². The molecule has 8 nitrogen and oxygen atoms in total. The first-order valence-corrected chi connectivity index (χ1v) is 11.2. The number of benzene rings is 1. The summed E-state index contributed by atoms with van der Waals surface area (Å²) in [6.07, 6.45) is 7.03. The summed E-state index contributed by atoms with van der Waals surface area (Å²) in [5.41, 5.74) is 0.405. The number of para-hydroxylation sites is 2. The zero-order valence-electron chi connectivity index (χ0n) is 18.5. The van der Waals surface area contributed by atoms with Crippen molar-refractivity contribution in [2.45, 2.75) is 70.9 Å². The fraction of sp³-hybridized carbons (Fsp3) is 0.609. The van der Waals surface area contributed by atoms with E-state index in [2.05, 4.69) is 12.2 Å². The summed E-state index contributed by atoms with van der Waals surface area (Å²) >= 11 is 0. The number of hydrogen-bond donors (Lipinski definition) is 2. The third kappa shape index (κ3) is 7.54. The number of rotatable bonds is 13. The molecule has 0 bridgehead atoms. The Morgan fingerprint density at radius 1 is 1.19 bits per heavy atom. The van der Waals surface area contributed by atoms with Crippen molar-refractivity contribution in [3.8, 4) is 5.75 Å². The van der Waals surface area contributed by atoms with Crippen molar-refractivity contribution in [2.75, 3.05) is 24.7 Å². The molecule has 0 aliphatic carbocycles. The van der Waals surface area contributed by atoms with E-state index >= 15 is 0 Å². The number of aliphatic carboxylic acids is 1. The van der Waals surface area contributed by atoms with Crippen LogP contribution in [0.2, 0.25) is 0 Å². The van der Waals surface area contributed by atoms with E-state index in [4.69, 9.17) is 9.47 Å². The van der Waals surface area contributed by atoms with Crippen molar-refractivity contribution >= 4 is 23.5 Å². The van der Waals surface area contributed by atoms with Crippen molar-refractivity contribution in [2.24, 2.45) is 0 Å². The number of carboxylic acids is 1. The first-order chi connectivity index (χ1) is 15.0. The number of esters is 1. The average Bonchev–Trinajstić information content (AvgIpc) is 2.87. The Morgan fingerprint density at radius 3 is 2.61 bits per heavy atom. The summed E-state index contributed by atoms with van der Waals surface area (Å²) in [6, 6.07) is 5.31. The van der Waals surface area contributed by atoms with Gasteiger partial charge in [0, 0.05) is 0 Å². The number of carbonyl (C=O) groups excluding carboxylic acids is 2.